The zero-order valence-corrected chi connectivity index (χ0v) is 18.7. The standard InChI is InChI=1S/C25H27N3O2S/c1-18(2)27-24(30)25(12-14-28(17-25)23(29)21-6-3-4-13-26-21)16-19-8-10-20(11-9-19)22-7-5-15-31-22/h3-11,13,15,18H,12,14,16-17H2,1-2H3,(H,27,30)/t25-/m0/s1. The number of carbonyl (C=O) groups is 2. The number of nitrogens with one attached hydrogen (secondary N) is 1. The zero-order chi connectivity index (χ0) is 21.8. The van der Waals surface area contributed by atoms with Crippen molar-refractivity contribution in [1.29, 1.82) is 0 Å². The van der Waals surface area contributed by atoms with E-state index in [-0.39, 0.29) is 17.9 Å². The van der Waals surface area contributed by atoms with Gasteiger partial charge in [0, 0.05) is 30.2 Å². The number of nitrogens with zero attached hydrogens (tertiary/aromatic N) is 2. The first-order chi connectivity index (χ1) is 15.0. The summed E-state index contributed by atoms with van der Waals surface area (Å²) in [5.41, 5.74) is 2.06. The van der Waals surface area contributed by atoms with Crippen molar-refractivity contribution < 1.29 is 9.59 Å². The highest BCUT2D eigenvalue weighted by Gasteiger charge is 2.46. The Bertz CT molecular complexity index is 1030. The van der Waals surface area contributed by atoms with E-state index in [1.54, 1.807) is 34.6 Å². The smallest absolute Gasteiger partial charge is 0.272 e. The predicted octanol–water partition coefficient (Wildman–Crippen LogP) is 4.41. The van der Waals surface area contributed by atoms with Crippen molar-refractivity contribution in [3.8, 4) is 10.4 Å². The minimum atomic E-state index is -0.640. The minimum absolute atomic E-state index is 0.0150. The van der Waals surface area contributed by atoms with Gasteiger partial charge in [-0.1, -0.05) is 36.4 Å². The Labute approximate surface area is 187 Å². The van der Waals surface area contributed by atoms with Gasteiger partial charge in [0.25, 0.3) is 5.91 Å². The molecule has 4 rings (SSSR count). The van der Waals surface area contributed by atoms with E-state index in [0.717, 1.165) is 5.56 Å². The van der Waals surface area contributed by atoms with E-state index in [1.807, 2.05) is 26.0 Å². The SMILES string of the molecule is CC(C)NC(=O)[C@]1(Cc2ccc(-c3cccs3)cc2)CCN(C(=O)c2ccccn2)C1. The lowest BCUT2D eigenvalue weighted by molar-refractivity contribution is -0.130. The summed E-state index contributed by atoms with van der Waals surface area (Å²) in [6.07, 6.45) is 2.86. The van der Waals surface area contributed by atoms with Crippen LogP contribution in [0, 0.1) is 5.41 Å². The average Bonchev–Trinajstić information content (AvgIpc) is 3.45. The Kier molecular flexibility index (Phi) is 6.18. The number of thiophene rings is 1. The second-order valence-electron chi connectivity index (χ2n) is 8.45. The van der Waals surface area contributed by atoms with Crippen LogP contribution in [0.15, 0.2) is 66.2 Å². The van der Waals surface area contributed by atoms with Gasteiger partial charge in [0.1, 0.15) is 5.69 Å². The maximum absolute atomic E-state index is 13.3. The third-order valence-electron chi connectivity index (χ3n) is 5.73. The molecule has 3 heterocycles. The maximum atomic E-state index is 13.3. The van der Waals surface area contributed by atoms with Crippen LogP contribution in [0.5, 0.6) is 0 Å². The number of benzene rings is 1. The van der Waals surface area contributed by atoms with Crippen molar-refractivity contribution in [3.63, 3.8) is 0 Å². The molecule has 2 aromatic heterocycles. The fourth-order valence-electron chi connectivity index (χ4n) is 4.14. The van der Waals surface area contributed by atoms with E-state index >= 15 is 0 Å². The van der Waals surface area contributed by atoms with Gasteiger partial charge in [-0.05, 0) is 61.4 Å². The quantitative estimate of drug-likeness (QED) is 0.626. The molecule has 1 aliphatic rings. The van der Waals surface area contributed by atoms with Crippen LogP contribution in [0.3, 0.4) is 0 Å². The lowest BCUT2D eigenvalue weighted by atomic mass is 9.79. The van der Waals surface area contributed by atoms with E-state index in [0.29, 0.717) is 31.6 Å². The molecule has 0 bridgehead atoms. The number of carbonyl (C=O) groups excluding carboxylic acids is 2. The molecule has 0 saturated carbocycles. The van der Waals surface area contributed by atoms with Gasteiger partial charge in [-0.25, -0.2) is 0 Å². The number of hydrogen-bond donors (Lipinski definition) is 1. The van der Waals surface area contributed by atoms with Crippen molar-refractivity contribution in [2.45, 2.75) is 32.7 Å². The molecule has 1 fully saturated rings. The summed E-state index contributed by atoms with van der Waals surface area (Å²) in [6.45, 7) is 4.88. The van der Waals surface area contributed by atoms with E-state index in [2.05, 4.69) is 46.0 Å². The van der Waals surface area contributed by atoms with Gasteiger partial charge in [0.05, 0.1) is 5.41 Å². The second-order valence-corrected chi connectivity index (χ2v) is 9.40. The highest BCUT2D eigenvalue weighted by molar-refractivity contribution is 7.13. The minimum Gasteiger partial charge on any atom is -0.353 e. The number of amides is 2. The first-order valence-electron chi connectivity index (χ1n) is 10.6. The summed E-state index contributed by atoms with van der Waals surface area (Å²) in [7, 11) is 0. The Morgan fingerprint density at radius 1 is 1.13 bits per heavy atom. The predicted molar refractivity (Wildman–Crippen MR) is 124 cm³/mol. The number of aromatic nitrogens is 1. The molecule has 0 aliphatic carbocycles. The van der Waals surface area contributed by atoms with Crippen LogP contribution in [0.25, 0.3) is 10.4 Å². The summed E-state index contributed by atoms with van der Waals surface area (Å²) < 4.78 is 0. The Hall–Kier alpha value is -2.99. The molecule has 0 unspecified atom stereocenters. The van der Waals surface area contributed by atoms with Crippen LogP contribution >= 0.6 is 11.3 Å². The fraction of sp³-hybridized carbons (Fsp3) is 0.320. The first-order valence-corrected chi connectivity index (χ1v) is 11.5. The van der Waals surface area contributed by atoms with Crippen LogP contribution in [0.4, 0.5) is 0 Å². The Morgan fingerprint density at radius 3 is 2.58 bits per heavy atom. The molecular weight excluding hydrogens is 406 g/mol. The largest absolute Gasteiger partial charge is 0.353 e. The molecule has 1 aliphatic heterocycles. The number of hydrogen-bond acceptors (Lipinski definition) is 4. The summed E-state index contributed by atoms with van der Waals surface area (Å²) in [5.74, 6) is -0.103. The summed E-state index contributed by atoms with van der Waals surface area (Å²) >= 11 is 1.71. The highest BCUT2D eigenvalue weighted by Crippen LogP contribution is 2.36. The highest BCUT2D eigenvalue weighted by atomic mass is 32.1. The van der Waals surface area contributed by atoms with Gasteiger partial charge in [0.15, 0.2) is 0 Å². The summed E-state index contributed by atoms with van der Waals surface area (Å²) in [5, 5.41) is 5.16. The summed E-state index contributed by atoms with van der Waals surface area (Å²) in [4.78, 5) is 33.4. The van der Waals surface area contributed by atoms with Gasteiger partial charge in [-0.2, -0.15) is 0 Å². The van der Waals surface area contributed by atoms with Crippen LogP contribution in [-0.4, -0.2) is 40.8 Å². The number of likely N-dealkylation sites (tertiary alicyclic amines) is 1. The molecule has 1 saturated heterocycles. The normalized spacial score (nSPS) is 18.4. The van der Waals surface area contributed by atoms with Crippen molar-refractivity contribution in [3.05, 3.63) is 77.4 Å². The number of pyridine rings is 1. The third-order valence-corrected chi connectivity index (χ3v) is 6.65. The molecule has 1 atom stereocenters. The van der Waals surface area contributed by atoms with E-state index in [4.69, 9.17) is 0 Å². The van der Waals surface area contributed by atoms with Crippen molar-refractivity contribution in [2.24, 2.45) is 5.41 Å². The molecule has 0 spiro atoms. The Morgan fingerprint density at radius 2 is 1.94 bits per heavy atom. The van der Waals surface area contributed by atoms with E-state index in [9.17, 15) is 9.59 Å². The van der Waals surface area contributed by atoms with Gasteiger partial charge < -0.3 is 10.2 Å². The topological polar surface area (TPSA) is 62.3 Å². The third kappa shape index (κ3) is 4.69. The van der Waals surface area contributed by atoms with Gasteiger partial charge in [-0.15, -0.1) is 11.3 Å². The molecule has 5 nitrogen and oxygen atoms in total. The average molecular weight is 434 g/mol. The van der Waals surface area contributed by atoms with Crippen LogP contribution < -0.4 is 5.32 Å². The van der Waals surface area contributed by atoms with Crippen molar-refractivity contribution in [2.75, 3.05) is 13.1 Å². The monoisotopic (exact) mass is 433 g/mol. The van der Waals surface area contributed by atoms with Gasteiger partial charge >= 0.3 is 0 Å². The molecule has 0 radical (unpaired) electrons. The molecule has 31 heavy (non-hydrogen) atoms. The van der Waals surface area contributed by atoms with Gasteiger partial charge in [-0.3, -0.25) is 14.6 Å². The van der Waals surface area contributed by atoms with E-state index in [1.165, 1.54) is 10.4 Å². The van der Waals surface area contributed by atoms with E-state index < -0.39 is 5.41 Å². The maximum Gasteiger partial charge on any atom is 0.272 e. The second kappa shape index (κ2) is 9.02. The molecule has 6 heteroatoms. The lowest BCUT2D eigenvalue weighted by Crippen LogP contribution is -2.47. The Balaban J connectivity index is 1.56. The molecule has 160 valence electrons. The number of rotatable bonds is 6. The molecular formula is C25H27N3O2S. The molecule has 3 aromatic rings. The first kappa shape index (κ1) is 21.2. The van der Waals surface area contributed by atoms with Crippen molar-refractivity contribution >= 4 is 23.2 Å². The molecule has 1 aromatic carbocycles. The lowest BCUT2D eigenvalue weighted by Gasteiger charge is -2.29. The molecule has 2 amide bonds. The van der Waals surface area contributed by atoms with Crippen molar-refractivity contribution in [1.82, 2.24) is 15.2 Å². The summed E-state index contributed by atoms with van der Waals surface area (Å²) in [6, 6.07) is 17.9. The van der Waals surface area contributed by atoms with Gasteiger partial charge in [0.2, 0.25) is 5.91 Å². The zero-order valence-electron chi connectivity index (χ0n) is 17.9. The fourth-order valence-corrected chi connectivity index (χ4v) is 4.88. The molecule has 1 N–H and O–H groups in total. The van der Waals surface area contributed by atoms with Crippen LogP contribution in [0.1, 0.15) is 36.3 Å². The van der Waals surface area contributed by atoms with Crippen LogP contribution in [0.2, 0.25) is 0 Å². The van der Waals surface area contributed by atoms with Crippen LogP contribution in [-0.2, 0) is 11.2 Å².